The third kappa shape index (κ3) is 4.77. The van der Waals surface area contributed by atoms with Crippen LogP contribution in [0.3, 0.4) is 0 Å². The molecule has 3 rings (SSSR count). The second kappa shape index (κ2) is 8.95. The number of aryl methyl sites for hydroxylation is 2. The zero-order valence-electron chi connectivity index (χ0n) is 18.7. The van der Waals surface area contributed by atoms with Crippen LogP contribution in [0.15, 0.2) is 0 Å². The topological polar surface area (TPSA) is 44.6 Å². The Morgan fingerprint density at radius 3 is 2.32 bits per heavy atom. The van der Waals surface area contributed by atoms with E-state index < -0.39 is 0 Å². The maximum absolute atomic E-state index is 12.7. The van der Waals surface area contributed by atoms with Gasteiger partial charge in [-0.25, -0.2) is 0 Å². The van der Waals surface area contributed by atoms with Gasteiger partial charge in [0.25, 0.3) is 0 Å². The molecule has 0 atom stereocenters. The maximum Gasteiger partial charge on any atom is 0.223 e. The van der Waals surface area contributed by atoms with Crippen LogP contribution in [-0.4, -0.2) is 82.2 Å². The van der Waals surface area contributed by atoms with Gasteiger partial charge in [0, 0.05) is 50.9 Å². The molecule has 6 heteroatoms. The first kappa shape index (κ1) is 21.3. The number of nitrogens with zero attached hydrogens (tertiary/aromatic N) is 5. The van der Waals surface area contributed by atoms with Gasteiger partial charge in [-0.2, -0.15) is 5.10 Å². The molecule has 6 nitrogen and oxygen atoms in total. The summed E-state index contributed by atoms with van der Waals surface area (Å²) in [6.07, 6.45) is 3.91. The number of likely N-dealkylation sites (tertiary alicyclic amines) is 2. The van der Waals surface area contributed by atoms with Crippen molar-refractivity contribution in [2.24, 2.45) is 13.0 Å². The molecule has 0 aliphatic carbocycles. The number of hydrogen-bond donors (Lipinski definition) is 0. The van der Waals surface area contributed by atoms with Crippen LogP contribution in [0.1, 0.15) is 50.1 Å². The third-order valence-corrected chi connectivity index (χ3v) is 6.66. The fourth-order valence-electron chi connectivity index (χ4n) is 4.78. The molecule has 0 spiro atoms. The van der Waals surface area contributed by atoms with E-state index in [1.165, 1.54) is 37.2 Å². The quantitative estimate of drug-likeness (QED) is 0.717. The van der Waals surface area contributed by atoms with Crippen molar-refractivity contribution in [3.63, 3.8) is 0 Å². The molecule has 0 radical (unpaired) electrons. The normalized spacial score (nSPS) is 19.6. The zero-order valence-corrected chi connectivity index (χ0v) is 18.7. The highest BCUT2D eigenvalue weighted by molar-refractivity contribution is 5.77. The minimum atomic E-state index is 0.298. The van der Waals surface area contributed by atoms with Gasteiger partial charge in [0.15, 0.2) is 0 Å². The summed E-state index contributed by atoms with van der Waals surface area (Å²) in [5.41, 5.74) is 3.47. The Morgan fingerprint density at radius 1 is 1.14 bits per heavy atom. The second-order valence-electron chi connectivity index (χ2n) is 9.35. The Bertz CT molecular complexity index is 669. The van der Waals surface area contributed by atoms with Gasteiger partial charge in [-0.15, -0.1) is 0 Å². The Balaban J connectivity index is 1.51. The molecule has 0 unspecified atom stereocenters. The Hall–Kier alpha value is -1.40. The molecule has 158 valence electrons. The van der Waals surface area contributed by atoms with Crippen LogP contribution in [0, 0.1) is 19.8 Å². The van der Waals surface area contributed by atoms with Crippen molar-refractivity contribution >= 4 is 5.91 Å². The summed E-state index contributed by atoms with van der Waals surface area (Å²) in [6.45, 7) is 14.1. The van der Waals surface area contributed by atoms with Gasteiger partial charge in [0.1, 0.15) is 0 Å². The van der Waals surface area contributed by atoms with E-state index in [2.05, 4.69) is 47.6 Å². The van der Waals surface area contributed by atoms with Gasteiger partial charge < -0.3 is 9.80 Å². The summed E-state index contributed by atoms with van der Waals surface area (Å²) in [4.78, 5) is 19.9. The molecular weight excluding hydrogens is 350 g/mol. The molecule has 0 N–H and O–H groups in total. The van der Waals surface area contributed by atoms with Crippen LogP contribution in [0.2, 0.25) is 0 Å². The molecule has 0 saturated carbocycles. The third-order valence-electron chi connectivity index (χ3n) is 6.66. The zero-order chi connectivity index (χ0) is 20.4. The van der Waals surface area contributed by atoms with Gasteiger partial charge in [-0.3, -0.25) is 14.4 Å². The van der Waals surface area contributed by atoms with E-state index in [4.69, 9.17) is 0 Å². The molecule has 2 saturated heterocycles. The SMILES string of the molecule is Cc1nn(C)c(C)c1CCC(=O)N1CC(N(CC(C)C)C2CCN(C)CC2)C1. The van der Waals surface area contributed by atoms with Crippen LogP contribution < -0.4 is 0 Å². The molecular formula is C22H39N5O. The van der Waals surface area contributed by atoms with Crippen LogP contribution in [0.5, 0.6) is 0 Å². The van der Waals surface area contributed by atoms with Crippen molar-refractivity contribution in [1.29, 1.82) is 0 Å². The highest BCUT2D eigenvalue weighted by Crippen LogP contribution is 2.25. The largest absolute Gasteiger partial charge is 0.339 e. The lowest BCUT2D eigenvalue weighted by atomic mass is 9.96. The first-order valence-corrected chi connectivity index (χ1v) is 11.0. The van der Waals surface area contributed by atoms with E-state index in [1.54, 1.807) is 0 Å². The van der Waals surface area contributed by atoms with E-state index in [-0.39, 0.29) is 0 Å². The highest BCUT2D eigenvalue weighted by Gasteiger charge is 2.38. The fraction of sp³-hybridized carbons (Fsp3) is 0.818. The van der Waals surface area contributed by atoms with Crippen LogP contribution in [0.4, 0.5) is 0 Å². The average Bonchev–Trinajstić information content (AvgIpc) is 2.83. The van der Waals surface area contributed by atoms with E-state index >= 15 is 0 Å². The van der Waals surface area contributed by atoms with E-state index in [9.17, 15) is 4.79 Å². The number of rotatable bonds is 7. The molecule has 1 aromatic heterocycles. The Kier molecular flexibility index (Phi) is 6.81. The van der Waals surface area contributed by atoms with Gasteiger partial charge in [0.2, 0.25) is 5.91 Å². The standard InChI is InChI=1S/C22H39N5O/c1-16(2)13-27(19-9-11-24(5)12-10-19)20-14-26(15-20)22(28)8-7-21-17(3)23-25(6)18(21)4/h16,19-20H,7-15H2,1-6H3. The molecule has 2 aliphatic rings. The molecule has 1 amide bonds. The molecule has 0 aromatic carbocycles. The summed E-state index contributed by atoms with van der Waals surface area (Å²) in [6, 6.07) is 1.23. The molecule has 28 heavy (non-hydrogen) atoms. The second-order valence-corrected chi connectivity index (χ2v) is 9.35. The minimum absolute atomic E-state index is 0.298. The maximum atomic E-state index is 12.7. The van der Waals surface area contributed by atoms with Crippen molar-refractivity contribution < 1.29 is 4.79 Å². The number of carbonyl (C=O) groups excluding carboxylic acids is 1. The van der Waals surface area contributed by atoms with E-state index in [0.29, 0.717) is 30.3 Å². The lowest BCUT2D eigenvalue weighted by Gasteiger charge is -2.50. The van der Waals surface area contributed by atoms with Crippen LogP contribution in [0.25, 0.3) is 0 Å². The predicted octanol–water partition coefficient (Wildman–Crippen LogP) is 2.23. The van der Waals surface area contributed by atoms with Gasteiger partial charge in [-0.1, -0.05) is 13.8 Å². The van der Waals surface area contributed by atoms with Crippen molar-refractivity contribution in [1.82, 2.24) is 24.5 Å². The number of hydrogen-bond acceptors (Lipinski definition) is 4. The average molecular weight is 390 g/mol. The smallest absolute Gasteiger partial charge is 0.223 e. The summed E-state index contributed by atoms with van der Waals surface area (Å²) in [5.74, 6) is 0.965. The monoisotopic (exact) mass is 389 g/mol. The Morgan fingerprint density at radius 2 is 1.79 bits per heavy atom. The Labute approximate surface area is 170 Å². The summed E-state index contributed by atoms with van der Waals surface area (Å²) >= 11 is 0. The lowest BCUT2D eigenvalue weighted by Crippen LogP contribution is -2.64. The minimum Gasteiger partial charge on any atom is -0.339 e. The van der Waals surface area contributed by atoms with Crippen molar-refractivity contribution in [3.05, 3.63) is 17.0 Å². The lowest BCUT2D eigenvalue weighted by molar-refractivity contribution is -0.140. The van der Waals surface area contributed by atoms with Gasteiger partial charge in [-0.05, 0) is 64.7 Å². The number of carbonyl (C=O) groups is 1. The van der Waals surface area contributed by atoms with Crippen molar-refractivity contribution in [3.8, 4) is 0 Å². The van der Waals surface area contributed by atoms with Gasteiger partial charge in [0.05, 0.1) is 5.69 Å². The van der Waals surface area contributed by atoms with Crippen LogP contribution in [-0.2, 0) is 18.3 Å². The fourth-order valence-corrected chi connectivity index (χ4v) is 4.78. The summed E-state index contributed by atoms with van der Waals surface area (Å²) in [5, 5.41) is 4.47. The van der Waals surface area contributed by atoms with Crippen molar-refractivity contribution in [2.45, 2.75) is 65.5 Å². The van der Waals surface area contributed by atoms with E-state index in [1.807, 2.05) is 18.7 Å². The number of aromatic nitrogens is 2. The molecule has 0 bridgehead atoms. The molecule has 2 aliphatic heterocycles. The summed E-state index contributed by atoms with van der Waals surface area (Å²) in [7, 11) is 4.19. The highest BCUT2D eigenvalue weighted by atomic mass is 16.2. The predicted molar refractivity (Wildman–Crippen MR) is 113 cm³/mol. The number of amides is 1. The first-order chi connectivity index (χ1) is 13.3. The summed E-state index contributed by atoms with van der Waals surface area (Å²) < 4.78 is 1.92. The molecule has 2 fully saturated rings. The molecule has 3 heterocycles. The van der Waals surface area contributed by atoms with Gasteiger partial charge >= 0.3 is 0 Å². The number of piperidine rings is 1. The van der Waals surface area contributed by atoms with Crippen molar-refractivity contribution in [2.75, 3.05) is 39.8 Å². The molecule has 1 aromatic rings. The first-order valence-electron chi connectivity index (χ1n) is 11.0. The van der Waals surface area contributed by atoms with Crippen LogP contribution >= 0.6 is 0 Å². The van der Waals surface area contributed by atoms with E-state index in [0.717, 1.165) is 31.7 Å².